The maximum atomic E-state index is 12.1. The average molecular weight is 399 g/mol. The van der Waals surface area contributed by atoms with Crippen LogP contribution in [0.15, 0.2) is 36.4 Å². The third-order valence-electron chi connectivity index (χ3n) is 4.80. The van der Waals surface area contributed by atoms with E-state index in [1.54, 1.807) is 31.2 Å². The molecule has 4 rings (SSSR count). The molecule has 7 nitrogen and oxygen atoms in total. The van der Waals surface area contributed by atoms with Crippen LogP contribution in [-0.2, 0) is 4.79 Å². The molecule has 2 atom stereocenters. The summed E-state index contributed by atoms with van der Waals surface area (Å²) in [6.45, 7) is 2.23. The SMILES string of the molecule is Cc1cc(C(=O)O)ccc1Oc1ccc2c(c1)OCC[C@H]2C1SC(=O)NC1=O. The van der Waals surface area contributed by atoms with Gasteiger partial charge in [-0.1, -0.05) is 17.8 Å². The number of aromatic carboxylic acids is 1. The molecule has 2 aromatic rings. The van der Waals surface area contributed by atoms with Crippen LogP contribution >= 0.6 is 11.8 Å². The normalized spacial score (nSPS) is 20.9. The smallest absolute Gasteiger partial charge is 0.335 e. The number of hydrogen-bond donors (Lipinski definition) is 2. The molecule has 144 valence electrons. The van der Waals surface area contributed by atoms with Crippen LogP contribution in [0.2, 0.25) is 0 Å². The average Bonchev–Trinajstić information content (AvgIpc) is 3.00. The van der Waals surface area contributed by atoms with Crippen LogP contribution in [0.3, 0.4) is 0 Å². The highest BCUT2D eigenvalue weighted by Crippen LogP contribution is 2.43. The van der Waals surface area contributed by atoms with Gasteiger partial charge >= 0.3 is 5.97 Å². The molecular formula is C20H17NO6S. The highest BCUT2D eigenvalue weighted by molar-refractivity contribution is 8.15. The van der Waals surface area contributed by atoms with Gasteiger partial charge in [0.15, 0.2) is 0 Å². The van der Waals surface area contributed by atoms with Gasteiger partial charge in [-0.2, -0.15) is 0 Å². The third kappa shape index (κ3) is 3.43. The summed E-state index contributed by atoms with van der Waals surface area (Å²) in [4.78, 5) is 34.6. The van der Waals surface area contributed by atoms with Crippen LogP contribution in [0.4, 0.5) is 4.79 Å². The highest BCUT2D eigenvalue weighted by atomic mass is 32.2. The number of nitrogens with one attached hydrogen (secondary N) is 1. The number of carbonyl (C=O) groups excluding carboxylic acids is 2. The van der Waals surface area contributed by atoms with Crippen molar-refractivity contribution in [3.63, 3.8) is 0 Å². The predicted molar refractivity (Wildman–Crippen MR) is 102 cm³/mol. The van der Waals surface area contributed by atoms with Crippen LogP contribution in [0.1, 0.15) is 33.8 Å². The molecule has 0 radical (unpaired) electrons. The lowest BCUT2D eigenvalue weighted by molar-refractivity contribution is -0.119. The Morgan fingerprint density at radius 1 is 1.25 bits per heavy atom. The van der Waals surface area contributed by atoms with E-state index in [1.165, 1.54) is 6.07 Å². The fourth-order valence-electron chi connectivity index (χ4n) is 3.43. The topological polar surface area (TPSA) is 102 Å². The largest absolute Gasteiger partial charge is 0.493 e. The first-order valence-corrected chi connectivity index (χ1v) is 9.60. The molecule has 1 fully saturated rings. The van der Waals surface area contributed by atoms with E-state index in [9.17, 15) is 14.4 Å². The molecule has 0 saturated carbocycles. The van der Waals surface area contributed by atoms with Gasteiger partial charge in [-0.25, -0.2) is 4.79 Å². The van der Waals surface area contributed by atoms with Gasteiger partial charge < -0.3 is 14.6 Å². The lowest BCUT2D eigenvalue weighted by Crippen LogP contribution is -2.31. The molecule has 0 bridgehead atoms. The number of amides is 2. The van der Waals surface area contributed by atoms with E-state index >= 15 is 0 Å². The zero-order chi connectivity index (χ0) is 19.8. The Balaban J connectivity index is 1.58. The van der Waals surface area contributed by atoms with Crippen LogP contribution < -0.4 is 14.8 Å². The van der Waals surface area contributed by atoms with Crippen LogP contribution in [0.25, 0.3) is 0 Å². The highest BCUT2D eigenvalue weighted by Gasteiger charge is 2.40. The number of fused-ring (bicyclic) bond motifs is 1. The number of imide groups is 1. The number of hydrogen-bond acceptors (Lipinski definition) is 6. The second-order valence-electron chi connectivity index (χ2n) is 6.65. The molecule has 0 aliphatic carbocycles. The fraction of sp³-hybridized carbons (Fsp3) is 0.250. The molecule has 28 heavy (non-hydrogen) atoms. The molecule has 2 aliphatic rings. The summed E-state index contributed by atoms with van der Waals surface area (Å²) in [5.41, 5.74) is 1.77. The first-order chi connectivity index (χ1) is 13.4. The fourth-order valence-corrected chi connectivity index (χ4v) is 4.44. The summed E-state index contributed by atoms with van der Waals surface area (Å²) >= 11 is 1.02. The van der Waals surface area contributed by atoms with Crippen LogP contribution in [-0.4, -0.2) is 34.1 Å². The molecule has 0 aromatic heterocycles. The minimum atomic E-state index is -0.991. The summed E-state index contributed by atoms with van der Waals surface area (Å²) in [6, 6.07) is 10.0. The first kappa shape index (κ1) is 18.4. The summed E-state index contributed by atoms with van der Waals surface area (Å²) < 4.78 is 11.6. The molecule has 2 amide bonds. The zero-order valence-electron chi connectivity index (χ0n) is 14.9. The molecule has 2 aromatic carbocycles. The van der Waals surface area contributed by atoms with Crippen molar-refractivity contribution in [2.24, 2.45) is 0 Å². The number of carbonyl (C=O) groups is 3. The number of rotatable bonds is 4. The number of ether oxygens (including phenoxy) is 2. The van der Waals surface area contributed by atoms with Crippen molar-refractivity contribution in [1.29, 1.82) is 0 Å². The third-order valence-corrected chi connectivity index (χ3v) is 5.92. The van der Waals surface area contributed by atoms with E-state index in [2.05, 4.69) is 5.32 Å². The molecule has 2 N–H and O–H groups in total. The lowest BCUT2D eigenvalue weighted by atomic mass is 9.89. The standard InChI is InChI=1S/C20H17NO6S/c1-10-8-11(19(23)24)2-5-15(10)27-12-3-4-13-14(6-7-26-16(13)9-12)17-18(22)21-20(25)28-17/h2-5,8-9,14,17H,6-7H2,1H3,(H,23,24)(H,21,22,25)/t14-,17?/m1/s1. The van der Waals surface area contributed by atoms with E-state index in [0.717, 1.165) is 17.3 Å². The summed E-state index contributed by atoms with van der Waals surface area (Å²) in [6.07, 6.45) is 0.654. The summed E-state index contributed by atoms with van der Waals surface area (Å²) in [5.74, 6) is 0.364. The van der Waals surface area contributed by atoms with Gasteiger partial charge in [-0.15, -0.1) is 0 Å². The minimum absolute atomic E-state index is 0.106. The minimum Gasteiger partial charge on any atom is -0.493 e. The van der Waals surface area contributed by atoms with E-state index in [-0.39, 0.29) is 22.6 Å². The summed E-state index contributed by atoms with van der Waals surface area (Å²) in [7, 11) is 0. The van der Waals surface area contributed by atoms with E-state index < -0.39 is 11.2 Å². The Kier molecular flexibility index (Phi) is 4.72. The number of thioether (sulfide) groups is 1. The van der Waals surface area contributed by atoms with Crippen molar-refractivity contribution in [1.82, 2.24) is 5.32 Å². The van der Waals surface area contributed by atoms with E-state index in [1.807, 2.05) is 6.07 Å². The molecule has 8 heteroatoms. The molecule has 2 heterocycles. The zero-order valence-corrected chi connectivity index (χ0v) is 15.7. The van der Waals surface area contributed by atoms with Gasteiger partial charge in [0.1, 0.15) is 22.5 Å². The van der Waals surface area contributed by atoms with Crippen molar-refractivity contribution in [2.45, 2.75) is 24.5 Å². The van der Waals surface area contributed by atoms with Crippen molar-refractivity contribution >= 4 is 28.9 Å². The molecule has 2 aliphatic heterocycles. The summed E-state index contributed by atoms with van der Waals surface area (Å²) in [5, 5.41) is 10.6. The van der Waals surface area contributed by atoms with Gasteiger partial charge in [0.05, 0.1) is 12.2 Å². The predicted octanol–water partition coefficient (Wildman–Crippen LogP) is 3.70. The van der Waals surface area contributed by atoms with Crippen molar-refractivity contribution in [3.8, 4) is 17.2 Å². The van der Waals surface area contributed by atoms with Gasteiger partial charge in [0.25, 0.3) is 5.24 Å². The molecular weight excluding hydrogens is 382 g/mol. The maximum Gasteiger partial charge on any atom is 0.335 e. The second kappa shape index (κ2) is 7.20. The Labute approximate surface area is 165 Å². The van der Waals surface area contributed by atoms with Gasteiger partial charge in [-0.3, -0.25) is 14.9 Å². The van der Waals surface area contributed by atoms with Crippen molar-refractivity contribution in [2.75, 3.05) is 6.61 Å². The van der Waals surface area contributed by atoms with Crippen molar-refractivity contribution in [3.05, 3.63) is 53.1 Å². The number of carboxylic acids is 1. The molecule has 0 spiro atoms. The van der Waals surface area contributed by atoms with Gasteiger partial charge in [0, 0.05) is 12.0 Å². The van der Waals surface area contributed by atoms with Crippen molar-refractivity contribution < 1.29 is 29.0 Å². The quantitative estimate of drug-likeness (QED) is 0.808. The van der Waals surface area contributed by atoms with Gasteiger partial charge in [-0.05, 0) is 48.7 Å². The van der Waals surface area contributed by atoms with Gasteiger partial charge in [0.2, 0.25) is 5.91 Å². The second-order valence-corrected chi connectivity index (χ2v) is 7.76. The lowest BCUT2D eigenvalue weighted by Gasteiger charge is -2.28. The Bertz CT molecular complexity index is 989. The first-order valence-electron chi connectivity index (χ1n) is 8.72. The monoisotopic (exact) mass is 399 g/mol. The number of carboxylic acid groups (broad SMARTS) is 1. The Morgan fingerprint density at radius 2 is 2.07 bits per heavy atom. The molecule has 1 saturated heterocycles. The Morgan fingerprint density at radius 3 is 2.75 bits per heavy atom. The Hall–Kier alpha value is -3.00. The maximum absolute atomic E-state index is 12.1. The van der Waals surface area contributed by atoms with E-state index in [4.69, 9.17) is 14.6 Å². The van der Waals surface area contributed by atoms with Crippen LogP contribution in [0, 0.1) is 6.92 Å². The van der Waals surface area contributed by atoms with E-state index in [0.29, 0.717) is 35.8 Å². The molecule has 1 unspecified atom stereocenters. The van der Waals surface area contributed by atoms with Crippen LogP contribution in [0.5, 0.6) is 17.2 Å². The number of benzene rings is 2. The number of aryl methyl sites for hydroxylation is 1.